The first-order valence-corrected chi connectivity index (χ1v) is 10.5. The van der Waals surface area contributed by atoms with Gasteiger partial charge in [-0.05, 0) is 37.5 Å². The highest BCUT2D eigenvalue weighted by Crippen LogP contribution is 2.40. The number of hydrogen-bond donors (Lipinski definition) is 1. The van der Waals surface area contributed by atoms with E-state index in [2.05, 4.69) is 5.32 Å². The molecular weight excluding hydrogens is 350 g/mol. The Morgan fingerprint density at radius 2 is 1.88 bits per heavy atom. The van der Waals surface area contributed by atoms with E-state index in [0.717, 1.165) is 30.3 Å². The van der Waals surface area contributed by atoms with Gasteiger partial charge in [-0.15, -0.1) is 0 Å². The van der Waals surface area contributed by atoms with Crippen LogP contribution in [0.3, 0.4) is 0 Å². The van der Waals surface area contributed by atoms with E-state index in [1.54, 1.807) is 40.5 Å². The summed E-state index contributed by atoms with van der Waals surface area (Å²) in [4.78, 5) is 14.3. The third-order valence-electron chi connectivity index (χ3n) is 5.98. The first kappa shape index (κ1) is 16.2. The molecule has 26 heavy (non-hydrogen) atoms. The molecule has 2 unspecified atom stereocenters. The van der Waals surface area contributed by atoms with Gasteiger partial charge in [-0.25, -0.2) is 8.42 Å². The Balaban J connectivity index is 1.65. The van der Waals surface area contributed by atoms with Crippen LogP contribution in [0.2, 0.25) is 0 Å². The minimum Gasteiger partial charge on any atom is -0.311 e. The van der Waals surface area contributed by atoms with Crippen LogP contribution in [-0.2, 0) is 10.0 Å². The lowest BCUT2D eigenvalue weighted by Crippen LogP contribution is -2.39. The number of anilines is 1. The van der Waals surface area contributed by atoms with Crippen LogP contribution in [0.25, 0.3) is 10.8 Å². The average molecular weight is 371 g/mol. The van der Waals surface area contributed by atoms with Gasteiger partial charge in [-0.1, -0.05) is 12.1 Å². The normalized spacial score (nSPS) is 25.9. The summed E-state index contributed by atoms with van der Waals surface area (Å²) < 4.78 is 28.5. The SMILES string of the molecule is CN1C(=O)c2cccc3c(S(=O)(=O)N4CCC5CCC(C4)N5)ccc1c23. The van der Waals surface area contributed by atoms with Crippen LogP contribution in [0.15, 0.2) is 35.2 Å². The molecule has 5 rings (SSSR count). The highest BCUT2D eigenvalue weighted by Gasteiger charge is 2.37. The van der Waals surface area contributed by atoms with E-state index in [0.29, 0.717) is 35.0 Å². The fraction of sp³-hybridized carbons (Fsp3) is 0.421. The van der Waals surface area contributed by atoms with Gasteiger partial charge >= 0.3 is 0 Å². The lowest BCUT2D eigenvalue weighted by molar-refractivity contribution is 0.0999. The van der Waals surface area contributed by atoms with Gasteiger partial charge < -0.3 is 10.2 Å². The van der Waals surface area contributed by atoms with Crippen LogP contribution in [0, 0.1) is 0 Å². The molecule has 1 amide bonds. The largest absolute Gasteiger partial charge is 0.311 e. The van der Waals surface area contributed by atoms with Crippen LogP contribution in [0.1, 0.15) is 29.6 Å². The van der Waals surface area contributed by atoms with Gasteiger partial charge in [0.25, 0.3) is 5.91 Å². The van der Waals surface area contributed by atoms with Crippen LogP contribution in [0.5, 0.6) is 0 Å². The van der Waals surface area contributed by atoms with E-state index >= 15 is 0 Å². The third-order valence-corrected chi connectivity index (χ3v) is 7.90. The summed E-state index contributed by atoms with van der Waals surface area (Å²) >= 11 is 0. The van der Waals surface area contributed by atoms with Crippen LogP contribution in [0.4, 0.5) is 5.69 Å². The predicted molar refractivity (Wildman–Crippen MR) is 100 cm³/mol. The standard InChI is InChI=1S/C19H21N3O3S/c1-21-16-7-8-17(14-3-2-4-15(18(14)16)19(21)23)26(24,25)22-10-9-12-5-6-13(11-22)20-12/h2-4,7-8,12-13,20H,5-6,9-11H2,1H3. The van der Waals surface area contributed by atoms with Crippen molar-refractivity contribution in [3.63, 3.8) is 0 Å². The number of rotatable bonds is 2. The number of carbonyl (C=O) groups is 1. The maximum atomic E-state index is 13.4. The molecule has 3 heterocycles. The predicted octanol–water partition coefficient (Wildman–Crippen LogP) is 1.94. The van der Waals surface area contributed by atoms with Crippen molar-refractivity contribution < 1.29 is 13.2 Å². The molecule has 0 saturated carbocycles. The van der Waals surface area contributed by atoms with Gasteiger partial charge in [0.15, 0.2) is 0 Å². The molecule has 2 fully saturated rings. The van der Waals surface area contributed by atoms with Gasteiger partial charge in [0, 0.05) is 48.6 Å². The van der Waals surface area contributed by atoms with Crippen molar-refractivity contribution in [1.82, 2.24) is 9.62 Å². The molecule has 136 valence electrons. The molecule has 3 aliphatic rings. The number of nitrogens with one attached hydrogen (secondary N) is 1. The molecule has 0 aromatic heterocycles. The maximum absolute atomic E-state index is 13.4. The minimum absolute atomic E-state index is 0.0866. The van der Waals surface area contributed by atoms with E-state index in [4.69, 9.17) is 0 Å². The fourth-order valence-corrected chi connectivity index (χ4v) is 6.29. The van der Waals surface area contributed by atoms with Crippen LogP contribution >= 0.6 is 0 Å². The number of carbonyl (C=O) groups excluding carboxylic acids is 1. The van der Waals surface area contributed by atoms with E-state index < -0.39 is 10.0 Å². The smallest absolute Gasteiger partial charge is 0.258 e. The van der Waals surface area contributed by atoms with Crippen molar-refractivity contribution in [2.45, 2.75) is 36.2 Å². The molecule has 2 bridgehead atoms. The quantitative estimate of drug-likeness (QED) is 0.876. The molecule has 2 aromatic rings. The minimum atomic E-state index is -3.61. The van der Waals surface area contributed by atoms with Crippen molar-refractivity contribution >= 4 is 32.4 Å². The molecule has 0 radical (unpaired) electrons. The molecule has 7 heteroatoms. The second-order valence-corrected chi connectivity index (χ2v) is 9.37. The molecule has 0 spiro atoms. The Morgan fingerprint density at radius 3 is 2.73 bits per heavy atom. The molecule has 2 aromatic carbocycles. The van der Waals surface area contributed by atoms with Gasteiger partial charge in [0.05, 0.1) is 10.6 Å². The lowest BCUT2D eigenvalue weighted by Gasteiger charge is -2.24. The first-order chi connectivity index (χ1) is 12.5. The topological polar surface area (TPSA) is 69.7 Å². The van der Waals surface area contributed by atoms with Crippen LogP contribution in [-0.4, -0.2) is 50.9 Å². The Hall–Kier alpha value is -1.96. The van der Waals surface area contributed by atoms with Crippen molar-refractivity contribution in [3.05, 3.63) is 35.9 Å². The summed E-state index contributed by atoms with van der Waals surface area (Å²) in [5.74, 6) is -0.0866. The van der Waals surface area contributed by atoms with Crippen molar-refractivity contribution in [1.29, 1.82) is 0 Å². The van der Waals surface area contributed by atoms with Gasteiger partial charge in [-0.2, -0.15) is 4.31 Å². The summed E-state index contributed by atoms with van der Waals surface area (Å²) in [6.07, 6.45) is 3.01. The molecule has 2 atom stereocenters. The zero-order chi connectivity index (χ0) is 18.1. The highest BCUT2D eigenvalue weighted by atomic mass is 32.2. The molecule has 0 aliphatic carbocycles. The summed E-state index contributed by atoms with van der Waals surface area (Å²) in [7, 11) is -1.89. The van der Waals surface area contributed by atoms with E-state index in [-0.39, 0.29) is 11.9 Å². The summed E-state index contributed by atoms with van der Waals surface area (Å²) in [6.45, 7) is 1.05. The van der Waals surface area contributed by atoms with Crippen molar-refractivity contribution in [2.75, 3.05) is 25.0 Å². The molecular formula is C19H21N3O3S. The molecule has 6 nitrogen and oxygen atoms in total. The summed E-state index contributed by atoms with van der Waals surface area (Å²) in [6, 6.07) is 9.42. The van der Waals surface area contributed by atoms with Crippen molar-refractivity contribution in [2.24, 2.45) is 0 Å². The first-order valence-electron chi connectivity index (χ1n) is 9.07. The fourth-order valence-electron chi connectivity index (χ4n) is 4.60. The number of amides is 1. The third kappa shape index (κ3) is 2.17. The Labute approximate surface area is 152 Å². The maximum Gasteiger partial charge on any atom is 0.258 e. The molecule has 3 aliphatic heterocycles. The average Bonchev–Trinajstić information content (AvgIpc) is 3.08. The Morgan fingerprint density at radius 1 is 1.08 bits per heavy atom. The second kappa shape index (κ2) is 5.52. The highest BCUT2D eigenvalue weighted by molar-refractivity contribution is 7.89. The van der Waals surface area contributed by atoms with E-state index in [9.17, 15) is 13.2 Å². The monoisotopic (exact) mass is 371 g/mol. The summed E-state index contributed by atoms with van der Waals surface area (Å²) in [5, 5.41) is 4.91. The van der Waals surface area contributed by atoms with E-state index in [1.807, 2.05) is 6.07 Å². The number of nitrogens with zero attached hydrogens (tertiary/aromatic N) is 2. The second-order valence-electron chi connectivity index (χ2n) is 7.46. The number of sulfonamides is 1. The van der Waals surface area contributed by atoms with Gasteiger partial charge in [0.1, 0.15) is 0 Å². The number of benzene rings is 2. The van der Waals surface area contributed by atoms with Crippen molar-refractivity contribution in [3.8, 4) is 0 Å². The summed E-state index contributed by atoms with van der Waals surface area (Å²) in [5.41, 5.74) is 1.35. The lowest BCUT2D eigenvalue weighted by atomic mass is 10.1. The number of fused-ring (bicyclic) bond motifs is 2. The Bertz CT molecular complexity index is 1030. The van der Waals surface area contributed by atoms with Crippen LogP contribution < -0.4 is 10.2 Å². The van der Waals surface area contributed by atoms with Gasteiger partial charge in [-0.3, -0.25) is 4.79 Å². The van der Waals surface area contributed by atoms with E-state index in [1.165, 1.54) is 0 Å². The molecule has 2 saturated heterocycles. The zero-order valence-electron chi connectivity index (χ0n) is 14.6. The molecule has 1 N–H and O–H groups in total. The zero-order valence-corrected chi connectivity index (χ0v) is 15.4. The Kier molecular flexibility index (Phi) is 3.44. The van der Waals surface area contributed by atoms with Gasteiger partial charge in [0.2, 0.25) is 10.0 Å². The number of hydrogen-bond acceptors (Lipinski definition) is 4.